The Kier molecular flexibility index (Phi) is 4.86. The van der Waals surface area contributed by atoms with Gasteiger partial charge in [0, 0.05) is 17.4 Å². The van der Waals surface area contributed by atoms with Crippen LogP contribution in [0.5, 0.6) is 0 Å². The first-order valence-corrected chi connectivity index (χ1v) is 6.15. The lowest BCUT2D eigenvalue weighted by molar-refractivity contribution is -0.136. The Morgan fingerprint density at radius 1 is 1.25 bits per heavy atom. The third kappa shape index (κ3) is 4.32. The number of anilines is 2. The van der Waals surface area contributed by atoms with E-state index in [0.717, 1.165) is 12.1 Å². The zero-order valence-electron chi connectivity index (χ0n) is 11.5. The fraction of sp³-hybridized carbons (Fsp3) is 0.462. The average molecular weight is 289 g/mol. The van der Waals surface area contributed by atoms with E-state index in [-0.39, 0.29) is 23.3 Å². The first-order chi connectivity index (χ1) is 9.11. The van der Waals surface area contributed by atoms with Crippen molar-refractivity contribution in [2.24, 2.45) is 0 Å². The molecule has 4 N–H and O–H groups in total. The molecule has 0 saturated carbocycles. The summed E-state index contributed by atoms with van der Waals surface area (Å²) in [6, 6.07) is 2.78. The van der Waals surface area contributed by atoms with Crippen LogP contribution < -0.4 is 16.4 Å². The molecule has 4 nitrogen and oxygen atoms in total. The summed E-state index contributed by atoms with van der Waals surface area (Å²) in [4.78, 5) is 11.7. The van der Waals surface area contributed by atoms with Gasteiger partial charge in [-0.05, 0) is 39.0 Å². The Bertz CT molecular complexity index is 486. The molecule has 1 unspecified atom stereocenters. The summed E-state index contributed by atoms with van der Waals surface area (Å²) >= 11 is 0. The van der Waals surface area contributed by atoms with Crippen LogP contribution in [0.2, 0.25) is 0 Å². The second kappa shape index (κ2) is 6.02. The molecule has 112 valence electrons. The number of benzene rings is 1. The Morgan fingerprint density at radius 3 is 2.35 bits per heavy atom. The standard InChI is InChI=1S/C13H18F3N3O/c1-7(2)18-12(20)8(3)19-9-4-5-11(17)10(6-9)13(14,15)16/h4-8,19H,17H2,1-3H3,(H,18,20). The minimum atomic E-state index is -4.52. The van der Waals surface area contributed by atoms with Crippen molar-refractivity contribution in [2.45, 2.75) is 39.0 Å². The molecule has 1 aromatic rings. The number of amides is 1. The third-order valence-corrected chi connectivity index (χ3v) is 2.57. The molecule has 0 aliphatic rings. The van der Waals surface area contributed by atoms with E-state index in [1.54, 1.807) is 20.8 Å². The highest BCUT2D eigenvalue weighted by Crippen LogP contribution is 2.35. The fourth-order valence-corrected chi connectivity index (χ4v) is 1.62. The molecule has 0 aliphatic carbocycles. The highest BCUT2D eigenvalue weighted by Gasteiger charge is 2.33. The number of hydrogen-bond acceptors (Lipinski definition) is 3. The zero-order chi connectivity index (χ0) is 15.5. The van der Waals surface area contributed by atoms with Gasteiger partial charge in [-0.15, -0.1) is 0 Å². The largest absolute Gasteiger partial charge is 0.418 e. The summed E-state index contributed by atoms with van der Waals surface area (Å²) in [5.74, 6) is -0.287. The van der Waals surface area contributed by atoms with E-state index in [9.17, 15) is 18.0 Å². The van der Waals surface area contributed by atoms with Gasteiger partial charge < -0.3 is 16.4 Å². The third-order valence-electron chi connectivity index (χ3n) is 2.57. The number of nitrogen functional groups attached to an aromatic ring is 1. The van der Waals surface area contributed by atoms with Crippen LogP contribution in [0.1, 0.15) is 26.3 Å². The van der Waals surface area contributed by atoms with Crippen LogP contribution >= 0.6 is 0 Å². The minimum Gasteiger partial charge on any atom is -0.398 e. The fourth-order valence-electron chi connectivity index (χ4n) is 1.62. The molecule has 1 rings (SSSR count). The average Bonchev–Trinajstić information content (AvgIpc) is 2.29. The molecule has 1 atom stereocenters. The number of nitrogens with one attached hydrogen (secondary N) is 2. The van der Waals surface area contributed by atoms with Crippen LogP contribution in [0.15, 0.2) is 18.2 Å². The molecule has 0 radical (unpaired) electrons. The summed E-state index contributed by atoms with van der Waals surface area (Å²) in [6.07, 6.45) is -4.52. The number of carbonyl (C=O) groups excluding carboxylic acids is 1. The molecular weight excluding hydrogens is 271 g/mol. The van der Waals surface area contributed by atoms with Gasteiger partial charge in [0.25, 0.3) is 0 Å². The number of halogens is 3. The highest BCUT2D eigenvalue weighted by molar-refractivity contribution is 5.84. The quantitative estimate of drug-likeness (QED) is 0.746. The molecule has 0 spiro atoms. The van der Waals surface area contributed by atoms with Gasteiger partial charge in [0.1, 0.15) is 6.04 Å². The number of alkyl halides is 3. The van der Waals surface area contributed by atoms with Crippen molar-refractivity contribution in [3.63, 3.8) is 0 Å². The molecule has 0 aliphatic heterocycles. The summed E-state index contributed by atoms with van der Waals surface area (Å²) in [5.41, 5.74) is 4.23. The van der Waals surface area contributed by atoms with E-state index in [2.05, 4.69) is 10.6 Å². The SMILES string of the molecule is CC(C)NC(=O)C(C)Nc1ccc(N)c(C(F)(F)F)c1. The first kappa shape index (κ1) is 16.1. The lowest BCUT2D eigenvalue weighted by Crippen LogP contribution is -2.41. The summed E-state index contributed by atoms with van der Waals surface area (Å²) in [6.45, 7) is 5.17. The Labute approximate surface area is 115 Å². The van der Waals surface area contributed by atoms with Crippen molar-refractivity contribution < 1.29 is 18.0 Å². The van der Waals surface area contributed by atoms with Crippen molar-refractivity contribution in [3.05, 3.63) is 23.8 Å². The molecular formula is C13H18F3N3O. The predicted octanol–water partition coefficient (Wildman–Crippen LogP) is 2.61. The van der Waals surface area contributed by atoms with Crippen LogP contribution in [0.25, 0.3) is 0 Å². The molecule has 0 saturated heterocycles. The van der Waals surface area contributed by atoms with E-state index >= 15 is 0 Å². The second-order valence-electron chi connectivity index (χ2n) is 4.83. The lowest BCUT2D eigenvalue weighted by Gasteiger charge is -2.18. The number of carbonyl (C=O) groups is 1. The topological polar surface area (TPSA) is 67.2 Å². The van der Waals surface area contributed by atoms with Gasteiger partial charge in [-0.2, -0.15) is 13.2 Å². The summed E-state index contributed by atoms with van der Waals surface area (Å²) < 4.78 is 38.1. The van der Waals surface area contributed by atoms with Crippen LogP contribution in [0.3, 0.4) is 0 Å². The Morgan fingerprint density at radius 2 is 1.85 bits per heavy atom. The Hall–Kier alpha value is -1.92. The van der Waals surface area contributed by atoms with Crippen LogP contribution in [0.4, 0.5) is 24.5 Å². The van der Waals surface area contributed by atoms with Crippen molar-refractivity contribution in [3.8, 4) is 0 Å². The summed E-state index contributed by atoms with van der Waals surface area (Å²) in [7, 11) is 0. The minimum absolute atomic E-state index is 0.0381. The summed E-state index contributed by atoms with van der Waals surface area (Å²) in [5, 5.41) is 5.39. The van der Waals surface area contributed by atoms with Gasteiger partial charge in [-0.3, -0.25) is 4.79 Å². The first-order valence-electron chi connectivity index (χ1n) is 6.15. The van der Waals surface area contributed by atoms with E-state index in [1.165, 1.54) is 6.07 Å². The van der Waals surface area contributed by atoms with Crippen molar-refractivity contribution >= 4 is 17.3 Å². The van der Waals surface area contributed by atoms with Crippen LogP contribution in [-0.2, 0) is 11.0 Å². The van der Waals surface area contributed by atoms with Gasteiger partial charge >= 0.3 is 6.18 Å². The molecule has 20 heavy (non-hydrogen) atoms. The smallest absolute Gasteiger partial charge is 0.398 e. The molecule has 7 heteroatoms. The molecule has 1 aromatic carbocycles. The van der Waals surface area contributed by atoms with Gasteiger partial charge in [-0.25, -0.2) is 0 Å². The second-order valence-corrected chi connectivity index (χ2v) is 4.83. The van der Waals surface area contributed by atoms with E-state index in [1.807, 2.05) is 0 Å². The van der Waals surface area contributed by atoms with E-state index in [0.29, 0.717) is 0 Å². The lowest BCUT2D eigenvalue weighted by atomic mass is 10.1. The molecule has 1 amide bonds. The number of hydrogen-bond donors (Lipinski definition) is 3. The van der Waals surface area contributed by atoms with Crippen LogP contribution in [-0.4, -0.2) is 18.0 Å². The van der Waals surface area contributed by atoms with E-state index < -0.39 is 17.8 Å². The van der Waals surface area contributed by atoms with Gasteiger partial charge in [0.15, 0.2) is 0 Å². The molecule has 0 fully saturated rings. The predicted molar refractivity (Wildman–Crippen MR) is 72.2 cm³/mol. The van der Waals surface area contributed by atoms with Crippen molar-refractivity contribution in [1.82, 2.24) is 5.32 Å². The number of rotatable bonds is 4. The van der Waals surface area contributed by atoms with Crippen LogP contribution in [0, 0.1) is 0 Å². The normalized spacial score (nSPS) is 13.2. The molecule has 0 aromatic heterocycles. The Balaban J connectivity index is 2.86. The zero-order valence-corrected chi connectivity index (χ0v) is 11.5. The van der Waals surface area contributed by atoms with E-state index in [4.69, 9.17) is 5.73 Å². The number of nitrogens with two attached hydrogens (primary N) is 1. The molecule has 0 bridgehead atoms. The maximum absolute atomic E-state index is 12.7. The monoisotopic (exact) mass is 289 g/mol. The highest BCUT2D eigenvalue weighted by atomic mass is 19.4. The maximum atomic E-state index is 12.7. The van der Waals surface area contributed by atoms with Gasteiger partial charge in [-0.1, -0.05) is 0 Å². The maximum Gasteiger partial charge on any atom is 0.418 e. The van der Waals surface area contributed by atoms with Gasteiger partial charge in [0.2, 0.25) is 5.91 Å². The van der Waals surface area contributed by atoms with Gasteiger partial charge in [0.05, 0.1) is 5.56 Å². The molecule has 0 heterocycles. The van der Waals surface area contributed by atoms with Crippen molar-refractivity contribution in [1.29, 1.82) is 0 Å². The van der Waals surface area contributed by atoms with Crippen molar-refractivity contribution in [2.75, 3.05) is 11.1 Å².